The number of nitrogens with zero attached hydrogens (tertiary/aromatic N) is 2. The summed E-state index contributed by atoms with van der Waals surface area (Å²) < 4.78 is 8.22. The second kappa shape index (κ2) is 4.46. The van der Waals surface area contributed by atoms with Crippen molar-refractivity contribution in [1.29, 1.82) is 0 Å². The average Bonchev–Trinajstić information content (AvgIpc) is 2.94. The summed E-state index contributed by atoms with van der Waals surface area (Å²) in [7, 11) is 1.69. The maximum absolute atomic E-state index is 6.07. The van der Waals surface area contributed by atoms with Crippen molar-refractivity contribution in [2.45, 2.75) is 18.9 Å². The third kappa shape index (κ3) is 1.77. The van der Waals surface area contributed by atoms with Crippen molar-refractivity contribution < 1.29 is 4.74 Å². The fourth-order valence-electron chi connectivity index (χ4n) is 2.54. The lowest BCUT2D eigenvalue weighted by molar-refractivity contribution is 0.413. The van der Waals surface area contributed by atoms with E-state index in [0.29, 0.717) is 0 Å². The lowest BCUT2D eigenvalue weighted by Crippen LogP contribution is -2.12. The number of benzene rings is 1. The summed E-state index contributed by atoms with van der Waals surface area (Å²) in [6.45, 7) is 0. The number of nitrogen functional groups attached to an aromatic ring is 1. The van der Waals surface area contributed by atoms with Crippen LogP contribution in [-0.2, 0) is 6.42 Å². The summed E-state index contributed by atoms with van der Waals surface area (Å²) in [5.41, 5.74) is 8.72. The molecule has 1 aromatic heterocycles. The predicted octanol–water partition coefficient (Wildman–Crippen LogP) is 2.61. The molecule has 0 saturated carbocycles. The molecule has 4 nitrogen and oxygen atoms in total. The van der Waals surface area contributed by atoms with Crippen molar-refractivity contribution in [3.05, 3.63) is 39.1 Å². The molecule has 18 heavy (non-hydrogen) atoms. The molecule has 0 radical (unpaired) electrons. The number of hydrogen-bond donors (Lipinski definition) is 1. The maximum Gasteiger partial charge on any atom is 0.135 e. The molecule has 0 spiro atoms. The third-order valence-electron chi connectivity index (χ3n) is 3.48. The van der Waals surface area contributed by atoms with E-state index >= 15 is 0 Å². The highest BCUT2D eigenvalue weighted by molar-refractivity contribution is 14.1. The minimum absolute atomic E-state index is 0.235. The van der Waals surface area contributed by atoms with Crippen LogP contribution in [-0.4, -0.2) is 16.9 Å². The molecule has 1 aliphatic carbocycles. The van der Waals surface area contributed by atoms with Gasteiger partial charge < -0.3 is 10.5 Å². The van der Waals surface area contributed by atoms with E-state index in [0.717, 1.165) is 28.0 Å². The van der Waals surface area contributed by atoms with Crippen molar-refractivity contribution in [2.24, 2.45) is 0 Å². The van der Waals surface area contributed by atoms with Gasteiger partial charge >= 0.3 is 0 Å². The van der Waals surface area contributed by atoms with Gasteiger partial charge in [-0.1, -0.05) is 6.07 Å². The van der Waals surface area contributed by atoms with Gasteiger partial charge in [-0.05, 0) is 58.7 Å². The Balaban J connectivity index is 2.06. The van der Waals surface area contributed by atoms with Gasteiger partial charge in [-0.2, -0.15) is 5.10 Å². The Morgan fingerprint density at radius 1 is 1.50 bits per heavy atom. The normalized spacial score (nSPS) is 17.8. The molecule has 0 bridgehead atoms. The molecule has 3 rings (SSSR count). The van der Waals surface area contributed by atoms with E-state index in [-0.39, 0.29) is 6.04 Å². The van der Waals surface area contributed by atoms with Crippen LogP contribution in [0.4, 0.5) is 5.82 Å². The molecular formula is C13H14IN3O. The first-order chi connectivity index (χ1) is 8.70. The second-order valence-corrected chi connectivity index (χ2v) is 5.60. The van der Waals surface area contributed by atoms with Gasteiger partial charge in [-0.25, -0.2) is 4.68 Å². The summed E-state index contributed by atoms with van der Waals surface area (Å²) in [4.78, 5) is 0. The predicted molar refractivity (Wildman–Crippen MR) is 78.8 cm³/mol. The van der Waals surface area contributed by atoms with Crippen molar-refractivity contribution in [2.75, 3.05) is 12.8 Å². The van der Waals surface area contributed by atoms with Crippen molar-refractivity contribution in [3.63, 3.8) is 0 Å². The molecule has 2 aromatic rings. The molecule has 1 aromatic carbocycles. The number of aryl methyl sites for hydroxylation is 1. The molecule has 0 aliphatic heterocycles. The molecule has 0 fully saturated rings. The largest absolute Gasteiger partial charge is 0.497 e. The summed E-state index contributed by atoms with van der Waals surface area (Å²) in [5.74, 6) is 1.64. The lowest BCUT2D eigenvalue weighted by Gasteiger charge is -2.15. The first-order valence-electron chi connectivity index (χ1n) is 5.86. The number of halogens is 1. The summed E-state index contributed by atoms with van der Waals surface area (Å²) in [6.07, 6.45) is 3.93. The first kappa shape index (κ1) is 11.8. The van der Waals surface area contributed by atoms with Crippen LogP contribution >= 0.6 is 22.6 Å². The summed E-state index contributed by atoms with van der Waals surface area (Å²) >= 11 is 2.21. The highest BCUT2D eigenvalue weighted by atomic mass is 127. The monoisotopic (exact) mass is 355 g/mol. The number of methoxy groups -OCH3 is 1. The van der Waals surface area contributed by atoms with Gasteiger partial charge in [0.25, 0.3) is 0 Å². The molecule has 5 heteroatoms. The average molecular weight is 355 g/mol. The SMILES string of the molecule is COc1ccc2c(c1)C(n1ncc(I)c1N)CC2. The Morgan fingerprint density at radius 2 is 2.33 bits per heavy atom. The van der Waals surface area contributed by atoms with Crippen LogP contribution in [0.15, 0.2) is 24.4 Å². The Labute approximate surface area is 119 Å². The molecular weight excluding hydrogens is 341 g/mol. The topological polar surface area (TPSA) is 53.1 Å². The number of aromatic nitrogens is 2. The number of hydrogen-bond acceptors (Lipinski definition) is 3. The van der Waals surface area contributed by atoms with E-state index in [4.69, 9.17) is 10.5 Å². The minimum Gasteiger partial charge on any atom is -0.497 e. The molecule has 1 unspecified atom stereocenters. The first-order valence-corrected chi connectivity index (χ1v) is 6.94. The van der Waals surface area contributed by atoms with Gasteiger partial charge in [0, 0.05) is 0 Å². The number of ether oxygens (including phenoxy) is 1. The van der Waals surface area contributed by atoms with Crippen molar-refractivity contribution in [3.8, 4) is 5.75 Å². The van der Waals surface area contributed by atoms with Crippen LogP contribution in [0, 0.1) is 3.57 Å². The fourth-order valence-corrected chi connectivity index (χ4v) is 2.91. The van der Waals surface area contributed by atoms with Gasteiger partial charge in [-0.3, -0.25) is 0 Å². The van der Waals surface area contributed by atoms with Gasteiger partial charge in [0.2, 0.25) is 0 Å². The Hall–Kier alpha value is -1.24. The van der Waals surface area contributed by atoms with E-state index in [1.165, 1.54) is 11.1 Å². The maximum atomic E-state index is 6.07. The number of nitrogens with two attached hydrogens (primary N) is 1. The van der Waals surface area contributed by atoms with E-state index < -0.39 is 0 Å². The van der Waals surface area contributed by atoms with E-state index in [1.54, 1.807) is 7.11 Å². The van der Waals surface area contributed by atoms with Crippen LogP contribution in [0.1, 0.15) is 23.6 Å². The van der Waals surface area contributed by atoms with Gasteiger partial charge in [0.1, 0.15) is 11.6 Å². The number of fused-ring (bicyclic) bond motifs is 1. The number of anilines is 1. The van der Waals surface area contributed by atoms with Gasteiger partial charge in [-0.15, -0.1) is 0 Å². The summed E-state index contributed by atoms with van der Waals surface area (Å²) in [5, 5.41) is 4.40. The van der Waals surface area contributed by atoms with E-state index in [2.05, 4.69) is 39.8 Å². The van der Waals surface area contributed by atoms with Crippen LogP contribution in [0.25, 0.3) is 0 Å². The highest BCUT2D eigenvalue weighted by Gasteiger charge is 2.26. The van der Waals surface area contributed by atoms with Gasteiger partial charge in [0.15, 0.2) is 0 Å². The smallest absolute Gasteiger partial charge is 0.135 e. The zero-order valence-corrected chi connectivity index (χ0v) is 12.2. The molecule has 0 saturated heterocycles. The lowest BCUT2D eigenvalue weighted by atomic mass is 10.1. The molecule has 1 atom stereocenters. The van der Waals surface area contributed by atoms with Crippen molar-refractivity contribution in [1.82, 2.24) is 9.78 Å². The Kier molecular flexibility index (Phi) is 2.93. The van der Waals surface area contributed by atoms with E-state index in [1.807, 2.05) is 16.9 Å². The Morgan fingerprint density at radius 3 is 3.00 bits per heavy atom. The van der Waals surface area contributed by atoms with Crippen LogP contribution in [0.2, 0.25) is 0 Å². The fraction of sp³-hybridized carbons (Fsp3) is 0.308. The van der Waals surface area contributed by atoms with Gasteiger partial charge in [0.05, 0.1) is 22.9 Å². The van der Waals surface area contributed by atoms with Crippen LogP contribution in [0.5, 0.6) is 5.75 Å². The van der Waals surface area contributed by atoms with E-state index in [9.17, 15) is 0 Å². The zero-order valence-electron chi connectivity index (χ0n) is 10.1. The second-order valence-electron chi connectivity index (χ2n) is 4.44. The standard InChI is InChI=1S/C13H14IN3O/c1-18-9-4-2-8-3-5-12(10(8)6-9)17-13(15)11(14)7-16-17/h2,4,6-7,12H,3,5,15H2,1H3. The minimum atomic E-state index is 0.235. The van der Waals surface area contributed by atoms with Crippen LogP contribution in [0.3, 0.4) is 0 Å². The molecule has 1 heterocycles. The van der Waals surface area contributed by atoms with Crippen molar-refractivity contribution >= 4 is 28.4 Å². The molecule has 1 aliphatic rings. The number of rotatable bonds is 2. The van der Waals surface area contributed by atoms with Crippen LogP contribution < -0.4 is 10.5 Å². The molecule has 0 amide bonds. The highest BCUT2D eigenvalue weighted by Crippen LogP contribution is 2.37. The Bertz CT molecular complexity index is 594. The summed E-state index contributed by atoms with van der Waals surface area (Å²) in [6, 6.07) is 6.48. The third-order valence-corrected chi connectivity index (χ3v) is 4.31. The molecule has 94 valence electrons. The zero-order chi connectivity index (χ0) is 12.7. The molecule has 2 N–H and O–H groups in total. The quantitative estimate of drug-likeness (QED) is 0.843.